The fourth-order valence-electron chi connectivity index (χ4n) is 1.17. The maximum atomic E-state index is 11.0. The van der Waals surface area contributed by atoms with Crippen LogP contribution in [0.4, 0.5) is 0 Å². The second-order valence-corrected chi connectivity index (χ2v) is 6.00. The van der Waals surface area contributed by atoms with Crippen LogP contribution < -0.4 is 5.73 Å². The Morgan fingerprint density at radius 1 is 1.44 bits per heavy atom. The lowest BCUT2D eigenvalue weighted by Gasteiger charge is -2.26. The third-order valence-corrected chi connectivity index (χ3v) is 3.22. The van der Waals surface area contributed by atoms with Gasteiger partial charge in [0.2, 0.25) is 5.91 Å². The molecule has 1 atom stereocenters. The molecule has 1 amide bonds. The molecule has 0 aliphatic heterocycles. The smallest absolute Gasteiger partial charge is 0.234 e. The van der Waals surface area contributed by atoms with Gasteiger partial charge in [0.15, 0.2) is 0 Å². The highest BCUT2D eigenvalue weighted by Crippen LogP contribution is 1.99. The van der Waals surface area contributed by atoms with Crippen LogP contribution in [0.5, 0.6) is 0 Å². The third-order valence-electron chi connectivity index (χ3n) is 2.29. The predicted molar refractivity (Wildman–Crippen MR) is 61.8 cm³/mol. The minimum Gasteiger partial charge on any atom is -0.383 e. The normalized spacial score (nSPS) is 14.0. The highest BCUT2D eigenvalue weighted by molar-refractivity contribution is 7.90. The molecular formula is C9H20N2O4S. The fourth-order valence-corrected chi connectivity index (χ4v) is 1.74. The van der Waals surface area contributed by atoms with E-state index in [1.54, 1.807) is 18.9 Å². The van der Waals surface area contributed by atoms with Gasteiger partial charge in [-0.05, 0) is 6.92 Å². The molecule has 0 heterocycles. The molecule has 2 N–H and O–H groups in total. The molecule has 7 heteroatoms. The quantitative estimate of drug-likeness (QED) is 0.589. The van der Waals surface area contributed by atoms with E-state index in [0.717, 1.165) is 6.26 Å². The van der Waals surface area contributed by atoms with Crippen LogP contribution >= 0.6 is 0 Å². The number of carbonyl (C=O) groups is 1. The van der Waals surface area contributed by atoms with E-state index in [2.05, 4.69) is 0 Å². The van der Waals surface area contributed by atoms with E-state index in [9.17, 15) is 13.2 Å². The van der Waals surface area contributed by atoms with Crippen LogP contribution in [0.15, 0.2) is 0 Å². The number of rotatable bonds is 8. The molecule has 0 rings (SSSR count). The number of ether oxygens (including phenoxy) is 1. The van der Waals surface area contributed by atoms with Gasteiger partial charge in [-0.2, -0.15) is 0 Å². The molecule has 0 aromatic rings. The first-order chi connectivity index (χ1) is 7.28. The van der Waals surface area contributed by atoms with E-state index in [0.29, 0.717) is 13.2 Å². The van der Waals surface area contributed by atoms with Crippen LogP contribution in [0.25, 0.3) is 0 Å². The van der Waals surface area contributed by atoms with Crippen molar-refractivity contribution in [3.8, 4) is 0 Å². The SMILES string of the molecule is COCCN(CCS(C)(=O)=O)C(C)C(N)=O. The summed E-state index contributed by atoms with van der Waals surface area (Å²) >= 11 is 0. The van der Waals surface area contributed by atoms with E-state index in [4.69, 9.17) is 10.5 Å². The van der Waals surface area contributed by atoms with Crippen molar-refractivity contribution < 1.29 is 17.9 Å². The van der Waals surface area contributed by atoms with Crippen molar-refractivity contribution in [3.63, 3.8) is 0 Å². The number of primary amides is 1. The Bertz CT molecular complexity index is 315. The van der Waals surface area contributed by atoms with Crippen molar-refractivity contribution in [1.29, 1.82) is 0 Å². The second kappa shape index (κ2) is 6.82. The third kappa shape index (κ3) is 6.76. The number of hydrogen-bond acceptors (Lipinski definition) is 5. The van der Waals surface area contributed by atoms with Gasteiger partial charge < -0.3 is 10.5 Å². The highest BCUT2D eigenvalue weighted by atomic mass is 32.2. The number of hydrogen-bond donors (Lipinski definition) is 1. The van der Waals surface area contributed by atoms with Crippen molar-refractivity contribution in [2.75, 3.05) is 38.8 Å². The molecule has 0 radical (unpaired) electrons. The molecule has 0 saturated heterocycles. The average molecular weight is 252 g/mol. The van der Waals surface area contributed by atoms with Crippen LogP contribution in [0.3, 0.4) is 0 Å². The zero-order valence-electron chi connectivity index (χ0n) is 9.97. The Labute approximate surface area is 96.7 Å². The number of nitrogens with zero attached hydrogens (tertiary/aromatic N) is 1. The first-order valence-electron chi connectivity index (χ1n) is 4.98. The number of sulfone groups is 1. The van der Waals surface area contributed by atoms with Gasteiger partial charge in [0.25, 0.3) is 0 Å². The largest absolute Gasteiger partial charge is 0.383 e. The molecule has 0 aliphatic rings. The average Bonchev–Trinajstić information content (AvgIpc) is 2.15. The van der Waals surface area contributed by atoms with Gasteiger partial charge >= 0.3 is 0 Å². The zero-order valence-corrected chi connectivity index (χ0v) is 10.8. The summed E-state index contributed by atoms with van der Waals surface area (Å²) in [4.78, 5) is 12.7. The van der Waals surface area contributed by atoms with Crippen molar-refractivity contribution in [2.24, 2.45) is 5.73 Å². The van der Waals surface area contributed by atoms with Gasteiger partial charge in [-0.25, -0.2) is 8.42 Å². The number of nitrogens with two attached hydrogens (primary N) is 1. The Balaban J connectivity index is 4.37. The molecule has 16 heavy (non-hydrogen) atoms. The van der Waals surface area contributed by atoms with Gasteiger partial charge in [-0.15, -0.1) is 0 Å². The van der Waals surface area contributed by atoms with Crippen molar-refractivity contribution >= 4 is 15.7 Å². The Kier molecular flexibility index (Phi) is 6.54. The monoisotopic (exact) mass is 252 g/mol. The molecule has 0 aromatic heterocycles. The lowest BCUT2D eigenvalue weighted by atomic mass is 10.2. The molecule has 0 bridgehead atoms. The minimum absolute atomic E-state index is 0.00827. The van der Waals surface area contributed by atoms with E-state index >= 15 is 0 Å². The molecule has 0 fully saturated rings. The number of methoxy groups -OCH3 is 1. The van der Waals surface area contributed by atoms with Crippen LogP contribution in [0.2, 0.25) is 0 Å². The van der Waals surface area contributed by atoms with Gasteiger partial charge in [-0.3, -0.25) is 9.69 Å². The molecule has 0 saturated carbocycles. The summed E-state index contributed by atoms with van der Waals surface area (Å²) in [6, 6.07) is -0.489. The summed E-state index contributed by atoms with van der Waals surface area (Å²) in [6.45, 7) is 2.85. The Morgan fingerprint density at radius 2 is 2.00 bits per heavy atom. The fraction of sp³-hybridized carbons (Fsp3) is 0.889. The predicted octanol–water partition coefficient (Wildman–Crippen LogP) is -1.15. The van der Waals surface area contributed by atoms with Crippen molar-refractivity contribution in [1.82, 2.24) is 4.90 Å². The summed E-state index contributed by atoms with van der Waals surface area (Å²) < 4.78 is 26.9. The lowest BCUT2D eigenvalue weighted by Crippen LogP contribution is -2.46. The van der Waals surface area contributed by atoms with Crippen LogP contribution in [-0.2, 0) is 19.4 Å². The van der Waals surface area contributed by atoms with E-state index < -0.39 is 21.8 Å². The molecule has 0 spiro atoms. The van der Waals surface area contributed by atoms with Crippen LogP contribution in [-0.4, -0.2) is 64.1 Å². The van der Waals surface area contributed by atoms with Gasteiger partial charge in [0.1, 0.15) is 9.84 Å². The van der Waals surface area contributed by atoms with Crippen molar-refractivity contribution in [2.45, 2.75) is 13.0 Å². The highest BCUT2D eigenvalue weighted by Gasteiger charge is 2.19. The summed E-state index contributed by atoms with van der Waals surface area (Å²) in [5, 5.41) is 0. The van der Waals surface area contributed by atoms with Gasteiger partial charge in [0.05, 0.1) is 18.4 Å². The first kappa shape index (κ1) is 15.3. The maximum Gasteiger partial charge on any atom is 0.234 e. The zero-order chi connectivity index (χ0) is 12.8. The van der Waals surface area contributed by atoms with E-state index in [1.807, 2.05) is 0 Å². The standard InChI is InChI=1S/C9H20N2O4S/c1-8(9(10)12)11(4-6-15-2)5-7-16(3,13)14/h8H,4-7H2,1-3H3,(H2,10,12). The number of amides is 1. The second-order valence-electron chi connectivity index (χ2n) is 3.74. The molecule has 0 aromatic carbocycles. The summed E-state index contributed by atoms with van der Waals surface area (Å²) in [6.07, 6.45) is 1.16. The maximum absolute atomic E-state index is 11.0. The summed E-state index contributed by atoms with van der Waals surface area (Å²) in [5.74, 6) is -0.460. The van der Waals surface area contributed by atoms with Crippen LogP contribution in [0.1, 0.15) is 6.92 Å². The number of carbonyl (C=O) groups excluding carboxylic acids is 1. The van der Waals surface area contributed by atoms with E-state index in [1.165, 1.54) is 0 Å². The summed E-state index contributed by atoms with van der Waals surface area (Å²) in [7, 11) is -1.49. The Morgan fingerprint density at radius 3 is 2.38 bits per heavy atom. The van der Waals surface area contributed by atoms with Crippen LogP contribution in [0, 0.1) is 0 Å². The van der Waals surface area contributed by atoms with Crippen molar-refractivity contribution in [3.05, 3.63) is 0 Å². The minimum atomic E-state index is -3.04. The molecular weight excluding hydrogens is 232 g/mol. The molecule has 6 nitrogen and oxygen atoms in total. The molecule has 1 unspecified atom stereocenters. The molecule has 96 valence electrons. The molecule has 0 aliphatic carbocycles. The summed E-state index contributed by atoms with van der Waals surface area (Å²) in [5.41, 5.74) is 5.18. The van der Waals surface area contributed by atoms with E-state index in [-0.39, 0.29) is 12.3 Å². The lowest BCUT2D eigenvalue weighted by molar-refractivity contribution is -0.122. The Hall–Kier alpha value is -0.660. The van der Waals surface area contributed by atoms with Gasteiger partial charge in [0, 0.05) is 26.5 Å². The van der Waals surface area contributed by atoms with Gasteiger partial charge in [-0.1, -0.05) is 0 Å². The topological polar surface area (TPSA) is 89.7 Å². The first-order valence-corrected chi connectivity index (χ1v) is 7.04.